The molecule has 0 fully saturated rings. The van der Waals surface area contributed by atoms with Crippen LogP contribution in [0.25, 0.3) is 11.1 Å². The summed E-state index contributed by atoms with van der Waals surface area (Å²) in [5, 5.41) is 7.07. The molecule has 0 bridgehead atoms. The highest BCUT2D eigenvalue weighted by Gasteiger charge is 2.20. The van der Waals surface area contributed by atoms with Gasteiger partial charge in [-0.25, -0.2) is 9.78 Å². The number of nitrogens with one attached hydrogen (secondary N) is 3. The minimum Gasteiger partial charge on any atom is -0.406 e. The second-order valence-electron chi connectivity index (χ2n) is 9.17. The molecule has 1 atom stereocenters. The second kappa shape index (κ2) is 9.30. The number of aryl methyl sites for hydroxylation is 2. The summed E-state index contributed by atoms with van der Waals surface area (Å²) in [6.45, 7) is 6.27. The molecule has 0 spiro atoms. The van der Waals surface area contributed by atoms with E-state index in [9.17, 15) is 4.79 Å². The van der Waals surface area contributed by atoms with E-state index in [1.165, 1.54) is 28.6 Å². The molecule has 34 heavy (non-hydrogen) atoms. The lowest BCUT2D eigenvalue weighted by atomic mass is 9.97. The van der Waals surface area contributed by atoms with E-state index in [4.69, 9.17) is 4.42 Å². The van der Waals surface area contributed by atoms with Crippen LogP contribution < -0.4 is 21.8 Å². The first-order chi connectivity index (χ1) is 16.5. The number of anilines is 3. The van der Waals surface area contributed by atoms with Crippen molar-refractivity contribution < 1.29 is 4.42 Å². The van der Waals surface area contributed by atoms with Gasteiger partial charge in [-0.1, -0.05) is 38.5 Å². The molecule has 2 heterocycles. The van der Waals surface area contributed by atoms with Crippen molar-refractivity contribution in [2.75, 3.05) is 10.7 Å². The Kier molecular flexibility index (Phi) is 6.06. The molecule has 0 radical (unpaired) electrons. The number of nitrogens with zero attached hydrogens (tertiary/aromatic N) is 3. The molecule has 0 saturated heterocycles. The van der Waals surface area contributed by atoms with Gasteiger partial charge in [0.25, 0.3) is 0 Å². The summed E-state index contributed by atoms with van der Waals surface area (Å²) < 4.78 is 6.68. The number of benzene rings is 2. The summed E-state index contributed by atoms with van der Waals surface area (Å²) in [6.07, 6.45) is 6.41. The van der Waals surface area contributed by atoms with E-state index in [2.05, 4.69) is 58.1 Å². The quantitative estimate of drug-likeness (QED) is 0.347. The van der Waals surface area contributed by atoms with E-state index in [1.807, 2.05) is 25.1 Å². The van der Waals surface area contributed by atoms with Crippen LogP contribution in [0.2, 0.25) is 0 Å². The van der Waals surface area contributed by atoms with Gasteiger partial charge >= 0.3 is 5.76 Å². The van der Waals surface area contributed by atoms with Crippen LogP contribution in [-0.2, 0) is 6.42 Å². The predicted molar refractivity (Wildman–Crippen MR) is 135 cm³/mol. The number of fused-ring (bicyclic) bond motifs is 2. The average Bonchev–Trinajstić information content (AvgIpc) is 2.99. The standard InChI is InChI=1S/C26H30N6O2/c1-16(2)28-21-9-5-4-8-18-12-13-19(14-20(18)21)29-25-27-15-17(3)24(30-25)31-32-22-10-6-7-11-23(22)34-26(32)33/h6-7,10-16,21,28H,4-5,8-9H2,1-3H3,(H2,27,29,30,31). The third-order valence-corrected chi connectivity index (χ3v) is 6.18. The van der Waals surface area contributed by atoms with Gasteiger partial charge in [0, 0.05) is 29.5 Å². The van der Waals surface area contributed by atoms with Gasteiger partial charge in [-0.05, 0) is 61.6 Å². The fourth-order valence-corrected chi connectivity index (χ4v) is 4.54. The van der Waals surface area contributed by atoms with Crippen molar-refractivity contribution in [2.24, 2.45) is 0 Å². The van der Waals surface area contributed by atoms with Crippen LogP contribution in [0.15, 0.2) is 57.9 Å². The summed E-state index contributed by atoms with van der Waals surface area (Å²) in [5.41, 5.74) is 8.75. The van der Waals surface area contributed by atoms with E-state index in [-0.39, 0.29) is 0 Å². The van der Waals surface area contributed by atoms with Gasteiger partial charge < -0.3 is 15.1 Å². The Bertz CT molecular complexity index is 1370. The zero-order valence-corrected chi connectivity index (χ0v) is 19.8. The molecule has 5 rings (SSSR count). The SMILES string of the molecule is Cc1cnc(Nc2ccc3c(c2)C(NC(C)C)CCCC3)nc1Nn1c(=O)oc2ccccc21. The third-order valence-electron chi connectivity index (χ3n) is 6.18. The maximum Gasteiger partial charge on any atom is 0.439 e. The molecule has 2 aromatic carbocycles. The summed E-state index contributed by atoms with van der Waals surface area (Å²) in [5.74, 6) is 0.485. The summed E-state index contributed by atoms with van der Waals surface area (Å²) in [6, 6.07) is 14.5. The van der Waals surface area contributed by atoms with Gasteiger partial charge in [0.2, 0.25) is 5.95 Å². The van der Waals surface area contributed by atoms with Crippen LogP contribution in [0.1, 0.15) is 55.8 Å². The maximum absolute atomic E-state index is 12.4. The molecular formula is C26H30N6O2. The minimum absolute atomic E-state index is 0.344. The molecular weight excluding hydrogens is 428 g/mol. The number of hydrogen-bond acceptors (Lipinski definition) is 7. The summed E-state index contributed by atoms with van der Waals surface area (Å²) in [4.78, 5) is 21.5. The Balaban J connectivity index is 1.43. The predicted octanol–water partition coefficient (Wildman–Crippen LogP) is 5.08. The molecule has 0 saturated carbocycles. The summed E-state index contributed by atoms with van der Waals surface area (Å²) >= 11 is 0. The molecule has 8 heteroatoms. The third kappa shape index (κ3) is 4.54. The number of rotatable bonds is 6. The van der Waals surface area contributed by atoms with Crippen molar-refractivity contribution in [2.45, 2.75) is 58.5 Å². The Labute approximate surface area is 198 Å². The zero-order chi connectivity index (χ0) is 23.7. The first-order valence-electron chi connectivity index (χ1n) is 11.8. The normalized spacial score (nSPS) is 15.8. The number of oxazole rings is 1. The van der Waals surface area contributed by atoms with Crippen LogP contribution in [0, 0.1) is 6.92 Å². The molecule has 4 aromatic rings. The highest BCUT2D eigenvalue weighted by molar-refractivity contribution is 5.73. The maximum atomic E-state index is 12.4. The lowest BCUT2D eigenvalue weighted by Crippen LogP contribution is -2.28. The number of aromatic nitrogens is 3. The minimum atomic E-state index is -0.497. The van der Waals surface area contributed by atoms with Gasteiger partial charge in [-0.15, -0.1) is 0 Å². The lowest BCUT2D eigenvalue weighted by molar-refractivity contribution is 0.446. The number of hydrogen-bond donors (Lipinski definition) is 3. The molecule has 8 nitrogen and oxygen atoms in total. The van der Waals surface area contributed by atoms with Crippen molar-refractivity contribution in [3.05, 3.63) is 75.9 Å². The highest BCUT2D eigenvalue weighted by atomic mass is 16.4. The lowest BCUT2D eigenvalue weighted by Gasteiger charge is -2.23. The Morgan fingerprint density at radius 2 is 2.00 bits per heavy atom. The van der Waals surface area contributed by atoms with Gasteiger partial charge in [-0.3, -0.25) is 5.43 Å². The number of para-hydroxylation sites is 2. The van der Waals surface area contributed by atoms with Gasteiger partial charge in [-0.2, -0.15) is 9.66 Å². The van der Waals surface area contributed by atoms with E-state index < -0.39 is 5.76 Å². The van der Waals surface area contributed by atoms with Crippen LogP contribution in [0.3, 0.4) is 0 Å². The van der Waals surface area contributed by atoms with Gasteiger partial charge in [0.1, 0.15) is 5.52 Å². The van der Waals surface area contributed by atoms with Crippen LogP contribution >= 0.6 is 0 Å². The van der Waals surface area contributed by atoms with Crippen LogP contribution in [0.4, 0.5) is 17.5 Å². The van der Waals surface area contributed by atoms with Crippen LogP contribution in [0.5, 0.6) is 0 Å². The summed E-state index contributed by atoms with van der Waals surface area (Å²) in [7, 11) is 0. The van der Waals surface area contributed by atoms with Crippen molar-refractivity contribution in [3.63, 3.8) is 0 Å². The van der Waals surface area contributed by atoms with Crippen molar-refractivity contribution in [3.8, 4) is 0 Å². The van der Waals surface area contributed by atoms with E-state index in [1.54, 1.807) is 12.3 Å². The topological polar surface area (TPSA) is 97.0 Å². The average molecular weight is 459 g/mol. The largest absolute Gasteiger partial charge is 0.439 e. The monoisotopic (exact) mass is 458 g/mol. The molecule has 1 unspecified atom stereocenters. The van der Waals surface area contributed by atoms with Crippen molar-refractivity contribution in [1.29, 1.82) is 0 Å². The van der Waals surface area contributed by atoms with Crippen LogP contribution in [-0.4, -0.2) is 20.7 Å². The van der Waals surface area contributed by atoms with E-state index >= 15 is 0 Å². The Morgan fingerprint density at radius 3 is 2.85 bits per heavy atom. The van der Waals surface area contributed by atoms with E-state index in [0.29, 0.717) is 34.9 Å². The van der Waals surface area contributed by atoms with Crippen molar-refractivity contribution >= 4 is 28.6 Å². The Morgan fingerprint density at radius 1 is 1.15 bits per heavy atom. The van der Waals surface area contributed by atoms with E-state index in [0.717, 1.165) is 24.1 Å². The molecule has 1 aliphatic carbocycles. The molecule has 1 aliphatic rings. The fraction of sp³-hybridized carbons (Fsp3) is 0.346. The highest BCUT2D eigenvalue weighted by Crippen LogP contribution is 2.32. The molecule has 0 aliphatic heterocycles. The smallest absolute Gasteiger partial charge is 0.406 e. The fourth-order valence-electron chi connectivity index (χ4n) is 4.54. The molecule has 3 N–H and O–H groups in total. The first-order valence-corrected chi connectivity index (χ1v) is 11.8. The molecule has 2 aromatic heterocycles. The first kappa shape index (κ1) is 22.2. The van der Waals surface area contributed by atoms with Gasteiger partial charge in [0.05, 0.1) is 0 Å². The second-order valence-corrected chi connectivity index (χ2v) is 9.17. The van der Waals surface area contributed by atoms with Crippen molar-refractivity contribution in [1.82, 2.24) is 20.0 Å². The zero-order valence-electron chi connectivity index (χ0n) is 19.8. The van der Waals surface area contributed by atoms with Gasteiger partial charge in [0.15, 0.2) is 11.4 Å². The Hall–Kier alpha value is -3.65. The molecule has 0 amide bonds. The molecule has 176 valence electrons.